The van der Waals surface area contributed by atoms with E-state index in [4.69, 9.17) is 0 Å². The third kappa shape index (κ3) is 1.61. The van der Waals surface area contributed by atoms with Gasteiger partial charge in [0, 0.05) is 18.8 Å². The van der Waals surface area contributed by atoms with Gasteiger partial charge in [-0.2, -0.15) is 0 Å². The summed E-state index contributed by atoms with van der Waals surface area (Å²) in [6, 6.07) is 0. The maximum Gasteiger partial charge on any atom is 0.136 e. The SMILES string of the molecule is Cc1nonc1CC1CCCC1=O. The average Bonchev–Trinajstić information content (AvgIpc) is 2.65. The number of ketones is 1. The molecule has 1 aromatic rings. The lowest BCUT2D eigenvalue weighted by Crippen LogP contribution is -2.10. The summed E-state index contributed by atoms with van der Waals surface area (Å²) in [7, 11) is 0. The highest BCUT2D eigenvalue weighted by atomic mass is 16.6. The Morgan fingerprint density at radius 3 is 2.92 bits per heavy atom. The molecule has 1 unspecified atom stereocenters. The molecule has 1 atom stereocenters. The fraction of sp³-hybridized carbons (Fsp3) is 0.667. The molecule has 0 bridgehead atoms. The molecule has 2 rings (SSSR count). The fourth-order valence-electron chi connectivity index (χ4n) is 1.77. The highest BCUT2D eigenvalue weighted by Crippen LogP contribution is 2.24. The van der Waals surface area contributed by atoms with E-state index in [-0.39, 0.29) is 5.92 Å². The van der Waals surface area contributed by atoms with Gasteiger partial charge >= 0.3 is 0 Å². The van der Waals surface area contributed by atoms with Gasteiger partial charge in [-0.25, -0.2) is 4.63 Å². The van der Waals surface area contributed by atoms with Crippen molar-refractivity contribution in [2.75, 3.05) is 0 Å². The Labute approximate surface area is 76.3 Å². The molecule has 1 fully saturated rings. The Bertz CT molecular complexity index is 319. The fourth-order valence-corrected chi connectivity index (χ4v) is 1.77. The number of nitrogens with zero attached hydrogens (tertiary/aromatic N) is 2. The summed E-state index contributed by atoms with van der Waals surface area (Å²) in [5.74, 6) is 0.521. The number of aromatic nitrogens is 2. The largest absolute Gasteiger partial charge is 0.299 e. The topological polar surface area (TPSA) is 56.0 Å². The van der Waals surface area contributed by atoms with Crippen LogP contribution in [-0.4, -0.2) is 16.1 Å². The third-order valence-electron chi connectivity index (χ3n) is 2.62. The predicted octanol–water partition coefficient (Wildman–Crippen LogP) is 1.29. The number of hydrogen-bond acceptors (Lipinski definition) is 4. The van der Waals surface area contributed by atoms with Crippen LogP contribution in [0.3, 0.4) is 0 Å². The van der Waals surface area contributed by atoms with Crippen LogP contribution in [0, 0.1) is 12.8 Å². The van der Waals surface area contributed by atoms with E-state index in [0.29, 0.717) is 12.2 Å². The molecule has 70 valence electrons. The van der Waals surface area contributed by atoms with Crippen molar-refractivity contribution in [1.29, 1.82) is 0 Å². The molecule has 0 N–H and O–H groups in total. The molecule has 0 aliphatic heterocycles. The Morgan fingerprint density at radius 2 is 2.38 bits per heavy atom. The molecule has 0 amide bonds. The van der Waals surface area contributed by atoms with Crippen molar-refractivity contribution in [2.24, 2.45) is 5.92 Å². The van der Waals surface area contributed by atoms with Gasteiger partial charge in [-0.3, -0.25) is 4.79 Å². The lowest BCUT2D eigenvalue weighted by atomic mass is 10.0. The van der Waals surface area contributed by atoms with Crippen LogP contribution < -0.4 is 0 Å². The zero-order valence-corrected chi connectivity index (χ0v) is 7.62. The van der Waals surface area contributed by atoms with E-state index in [1.165, 1.54) is 0 Å². The van der Waals surface area contributed by atoms with Crippen molar-refractivity contribution in [3.05, 3.63) is 11.4 Å². The minimum Gasteiger partial charge on any atom is -0.299 e. The number of rotatable bonds is 2. The van der Waals surface area contributed by atoms with Crippen molar-refractivity contribution in [3.63, 3.8) is 0 Å². The molecule has 0 aromatic carbocycles. The Hall–Kier alpha value is -1.19. The number of carbonyl (C=O) groups is 1. The van der Waals surface area contributed by atoms with E-state index in [9.17, 15) is 4.79 Å². The van der Waals surface area contributed by atoms with Crippen LogP contribution in [0.25, 0.3) is 0 Å². The summed E-state index contributed by atoms with van der Waals surface area (Å²) in [6.07, 6.45) is 3.45. The van der Waals surface area contributed by atoms with Crippen LogP contribution in [-0.2, 0) is 11.2 Å². The first-order valence-corrected chi connectivity index (χ1v) is 4.58. The van der Waals surface area contributed by atoms with E-state index in [0.717, 1.165) is 30.7 Å². The van der Waals surface area contributed by atoms with Gasteiger partial charge in [0.15, 0.2) is 0 Å². The standard InChI is InChI=1S/C9H12N2O2/c1-6-8(11-13-10-6)5-7-3-2-4-9(7)12/h7H,2-5H2,1H3. The second-order valence-corrected chi connectivity index (χ2v) is 3.56. The van der Waals surface area contributed by atoms with Crippen molar-refractivity contribution >= 4 is 5.78 Å². The number of aryl methyl sites for hydroxylation is 1. The van der Waals surface area contributed by atoms with Crippen LogP contribution in [0.5, 0.6) is 0 Å². The zero-order valence-electron chi connectivity index (χ0n) is 7.62. The lowest BCUT2D eigenvalue weighted by molar-refractivity contribution is -0.120. The molecule has 0 radical (unpaired) electrons. The molecule has 4 heteroatoms. The van der Waals surface area contributed by atoms with E-state index in [2.05, 4.69) is 14.9 Å². The van der Waals surface area contributed by atoms with E-state index < -0.39 is 0 Å². The lowest BCUT2D eigenvalue weighted by Gasteiger charge is -2.03. The van der Waals surface area contributed by atoms with Crippen molar-refractivity contribution < 1.29 is 9.42 Å². The maximum absolute atomic E-state index is 11.3. The molecule has 1 aliphatic rings. The Kier molecular flexibility index (Phi) is 2.12. The molecular weight excluding hydrogens is 168 g/mol. The molecule has 13 heavy (non-hydrogen) atoms. The molecule has 1 aromatic heterocycles. The normalized spacial score (nSPS) is 22.5. The summed E-state index contributed by atoms with van der Waals surface area (Å²) >= 11 is 0. The summed E-state index contributed by atoms with van der Waals surface area (Å²) in [5.41, 5.74) is 1.64. The Morgan fingerprint density at radius 1 is 1.54 bits per heavy atom. The minimum absolute atomic E-state index is 0.158. The van der Waals surface area contributed by atoms with Crippen LogP contribution in [0.4, 0.5) is 0 Å². The van der Waals surface area contributed by atoms with Gasteiger partial charge in [0.25, 0.3) is 0 Å². The smallest absolute Gasteiger partial charge is 0.136 e. The molecule has 1 saturated carbocycles. The summed E-state index contributed by atoms with van der Waals surface area (Å²) in [5, 5.41) is 7.46. The van der Waals surface area contributed by atoms with Gasteiger partial charge in [-0.15, -0.1) is 0 Å². The maximum atomic E-state index is 11.3. The summed E-state index contributed by atoms with van der Waals surface area (Å²) < 4.78 is 4.58. The highest BCUT2D eigenvalue weighted by molar-refractivity contribution is 5.83. The predicted molar refractivity (Wildman–Crippen MR) is 45.1 cm³/mol. The van der Waals surface area contributed by atoms with Gasteiger partial charge in [-0.05, 0) is 19.8 Å². The van der Waals surface area contributed by atoms with E-state index >= 15 is 0 Å². The average molecular weight is 180 g/mol. The molecule has 1 heterocycles. The number of Topliss-reactive ketones (excluding diaryl/α,β-unsaturated/α-hetero) is 1. The molecular formula is C9H12N2O2. The van der Waals surface area contributed by atoms with E-state index in [1.54, 1.807) is 0 Å². The van der Waals surface area contributed by atoms with Gasteiger partial charge in [0.05, 0.1) is 0 Å². The number of carbonyl (C=O) groups excluding carboxylic acids is 1. The van der Waals surface area contributed by atoms with Crippen LogP contribution in [0.2, 0.25) is 0 Å². The van der Waals surface area contributed by atoms with E-state index in [1.807, 2.05) is 6.92 Å². The summed E-state index contributed by atoms with van der Waals surface area (Å²) in [6.45, 7) is 1.85. The quantitative estimate of drug-likeness (QED) is 0.688. The minimum atomic E-state index is 0.158. The first-order valence-electron chi connectivity index (χ1n) is 4.58. The van der Waals surface area contributed by atoms with Gasteiger partial charge in [-0.1, -0.05) is 10.3 Å². The first-order chi connectivity index (χ1) is 6.27. The highest BCUT2D eigenvalue weighted by Gasteiger charge is 2.26. The van der Waals surface area contributed by atoms with Gasteiger partial charge in [0.2, 0.25) is 0 Å². The van der Waals surface area contributed by atoms with Crippen molar-refractivity contribution in [1.82, 2.24) is 10.3 Å². The van der Waals surface area contributed by atoms with Crippen molar-refractivity contribution in [3.8, 4) is 0 Å². The van der Waals surface area contributed by atoms with Crippen LogP contribution >= 0.6 is 0 Å². The molecule has 1 aliphatic carbocycles. The second-order valence-electron chi connectivity index (χ2n) is 3.56. The zero-order chi connectivity index (χ0) is 9.26. The third-order valence-corrected chi connectivity index (χ3v) is 2.62. The Balaban J connectivity index is 2.06. The van der Waals surface area contributed by atoms with Crippen molar-refractivity contribution in [2.45, 2.75) is 32.6 Å². The van der Waals surface area contributed by atoms with Gasteiger partial charge < -0.3 is 0 Å². The van der Waals surface area contributed by atoms with Gasteiger partial charge in [0.1, 0.15) is 17.2 Å². The molecule has 0 saturated heterocycles. The molecule has 0 spiro atoms. The van der Waals surface area contributed by atoms with Crippen LogP contribution in [0.1, 0.15) is 30.7 Å². The second kappa shape index (κ2) is 3.28. The monoisotopic (exact) mass is 180 g/mol. The number of hydrogen-bond donors (Lipinski definition) is 0. The first kappa shape index (κ1) is 8.41. The molecule has 4 nitrogen and oxygen atoms in total. The summed E-state index contributed by atoms with van der Waals surface area (Å²) in [4.78, 5) is 11.3. The van der Waals surface area contributed by atoms with Crippen LogP contribution in [0.15, 0.2) is 4.63 Å².